The molecule has 0 amide bonds. The Hall–Kier alpha value is -1.52. The minimum Gasteiger partial charge on any atom is -0.497 e. The predicted molar refractivity (Wildman–Crippen MR) is 76.0 cm³/mol. The molecule has 0 heterocycles. The first kappa shape index (κ1) is 14.9. The number of carboxylic acid groups (broad SMARTS) is 1. The summed E-state index contributed by atoms with van der Waals surface area (Å²) in [4.78, 5) is 11.3. The minimum absolute atomic E-state index is 0.372. The summed E-state index contributed by atoms with van der Waals surface area (Å²) in [5.41, 5.74) is 0.541. The minimum atomic E-state index is -0.903. The van der Waals surface area contributed by atoms with Crippen molar-refractivity contribution in [1.29, 1.82) is 0 Å². The monoisotopic (exact) mass is 296 g/mol. The number of aliphatic carboxylic acids is 1. The van der Waals surface area contributed by atoms with Gasteiger partial charge >= 0.3 is 5.97 Å². The number of aliphatic hydroxyl groups is 1. The fourth-order valence-electron chi connectivity index (χ4n) is 2.57. The third-order valence-electron chi connectivity index (χ3n) is 3.73. The highest BCUT2D eigenvalue weighted by atomic mass is 35.5. The lowest BCUT2D eigenvalue weighted by Gasteiger charge is -2.30. The molecular formula is C15H17ClO4. The van der Waals surface area contributed by atoms with Crippen LogP contribution < -0.4 is 4.74 Å². The molecule has 3 unspecified atom stereocenters. The number of carboxylic acids is 1. The summed E-state index contributed by atoms with van der Waals surface area (Å²) < 4.78 is 5.06. The standard InChI is InChI=1S/C15H17ClO4/c1-20-9-6-7-12(13(16)8-9)14(17)10-4-2-3-5-11(10)15(18)19/h2-3,6-8,10-11,14,17H,4-5H2,1H3,(H,18,19). The van der Waals surface area contributed by atoms with Crippen LogP contribution in [-0.2, 0) is 4.79 Å². The Morgan fingerprint density at radius 1 is 1.40 bits per heavy atom. The molecule has 0 radical (unpaired) electrons. The molecular weight excluding hydrogens is 280 g/mol. The number of rotatable bonds is 4. The molecule has 0 aliphatic heterocycles. The summed E-state index contributed by atoms with van der Waals surface area (Å²) in [6.45, 7) is 0. The number of allylic oxidation sites excluding steroid dienone is 2. The van der Waals surface area contributed by atoms with Gasteiger partial charge in [-0.1, -0.05) is 29.8 Å². The molecule has 1 aliphatic rings. The second-order valence-electron chi connectivity index (χ2n) is 4.88. The summed E-state index contributed by atoms with van der Waals surface area (Å²) in [5.74, 6) is -1.25. The Kier molecular flexibility index (Phi) is 4.68. The van der Waals surface area contributed by atoms with Gasteiger partial charge in [0.15, 0.2) is 0 Å². The molecule has 0 bridgehead atoms. The number of hydrogen-bond acceptors (Lipinski definition) is 3. The molecule has 2 N–H and O–H groups in total. The fourth-order valence-corrected chi connectivity index (χ4v) is 2.86. The molecule has 0 aromatic heterocycles. The summed E-state index contributed by atoms with van der Waals surface area (Å²) >= 11 is 6.14. The number of carbonyl (C=O) groups is 1. The second-order valence-corrected chi connectivity index (χ2v) is 5.29. The molecule has 3 atom stereocenters. The molecule has 1 aliphatic carbocycles. The van der Waals surface area contributed by atoms with Gasteiger partial charge in [-0.2, -0.15) is 0 Å². The van der Waals surface area contributed by atoms with Crippen LogP contribution in [0.2, 0.25) is 5.02 Å². The molecule has 2 rings (SSSR count). The maximum absolute atomic E-state index is 11.3. The van der Waals surface area contributed by atoms with Gasteiger partial charge in [0, 0.05) is 5.92 Å². The van der Waals surface area contributed by atoms with Crippen LogP contribution in [0.5, 0.6) is 5.75 Å². The average molecular weight is 297 g/mol. The first-order valence-corrected chi connectivity index (χ1v) is 6.81. The van der Waals surface area contributed by atoms with Crippen molar-refractivity contribution < 1.29 is 19.7 Å². The number of aliphatic hydroxyl groups excluding tert-OH is 1. The smallest absolute Gasteiger partial charge is 0.307 e. The van der Waals surface area contributed by atoms with Crippen LogP contribution in [0.3, 0.4) is 0 Å². The van der Waals surface area contributed by atoms with Crippen molar-refractivity contribution in [2.45, 2.75) is 18.9 Å². The highest BCUT2D eigenvalue weighted by molar-refractivity contribution is 6.31. The van der Waals surface area contributed by atoms with Crippen LogP contribution in [0.1, 0.15) is 24.5 Å². The van der Waals surface area contributed by atoms with Gasteiger partial charge in [0.05, 0.1) is 24.2 Å². The lowest BCUT2D eigenvalue weighted by Crippen LogP contribution is -2.29. The molecule has 0 spiro atoms. The zero-order valence-corrected chi connectivity index (χ0v) is 11.9. The highest BCUT2D eigenvalue weighted by Crippen LogP contribution is 2.39. The van der Waals surface area contributed by atoms with E-state index in [-0.39, 0.29) is 5.92 Å². The van der Waals surface area contributed by atoms with Gasteiger partial charge < -0.3 is 14.9 Å². The Morgan fingerprint density at radius 3 is 2.70 bits per heavy atom. The van der Waals surface area contributed by atoms with Gasteiger partial charge in [-0.3, -0.25) is 4.79 Å². The molecule has 0 fully saturated rings. The van der Waals surface area contributed by atoms with E-state index in [1.807, 2.05) is 12.2 Å². The van der Waals surface area contributed by atoms with Crippen LogP contribution >= 0.6 is 11.6 Å². The first-order valence-electron chi connectivity index (χ1n) is 6.44. The second kappa shape index (κ2) is 6.29. The van der Waals surface area contributed by atoms with Crippen LogP contribution in [-0.4, -0.2) is 23.3 Å². The first-order chi connectivity index (χ1) is 9.54. The molecule has 0 saturated carbocycles. The van der Waals surface area contributed by atoms with Crippen LogP contribution in [0.4, 0.5) is 0 Å². The van der Waals surface area contributed by atoms with E-state index in [1.54, 1.807) is 18.2 Å². The highest BCUT2D eigenvalue weighted by Gasteiger charge is 2.35. The normalized spacial score (nSPS) is 23.4. The maximum atomic E-state index is 11.3. The van der Waals surface area contributed by atoms with Gasteiger partial charge in [0.25, 0.3) is 0 Å². The average Bonchev–Trinajstić information content (AvgIpc) is 2.46. The number of ether oxygens (including phenoxy) is 1. The number of methoxy groups -OCH3 is 1. The van der Waals surface area contributed by atoms with Crippen LogP contribution in [0.25, 0.3) is 0 Å². The Morgan fingerprint density at radius 2 is 2.10 bits per heavy atom. The lowest BCUT2D eigenvalue weighted by atomic mass is 9.77. The Balaban J connectivity index is 2.27. The van der Waals surface area contributed by atoms with Crippen molar-refractivity contribution in [3.05, 3.63) is 40.9 Å². The Labute approximate surface area is 122 Å². The lowest BCUT2D eigenvalue weighted by molar-refractivity contribution is -0.145. The third-order valence-corrected chi connectivity index (χ3v) is 4.06. The van der Waals surface area contributed by atoms with Gasteiger partial charge in [-0.15, -0.1) is 0 Å². The van der Waals surface area contributed by atoms with E-state index >= 15 is 0 Å². The summed E-state index contributed by atoms with van der Waals surface area (Å²) in [7, 11) is 1.54. The van der Waals surface area contributed by atoms with E-state index in [4.69, 9.17) is 16.3 Å². The predicted octanol–water partition coefficient (Wildman–Crippen LogP) is 3.05. The Bertz CT molecular complexity index is 527. The van der Waals surface area contributed by atoms with Crippen LogP contribution in [0.15, 0.2) is 30.4 Å². The quantitative estimate of drug-likeness (QED) is 0.838. The van der Waals surface area contributed by atoms with Gasteiger partial charge in [0.1, 0.15) is 5.75 Å². The molecule has 20 heavy (non-hydrogen) atoms. The zero-order valence-electron chi connectivity index (χ0n) is 11.1. The molecule has 108 valence electrons. The van der Waals surface area contributed by atoms with Crippen molar-refractivity contribution in [3.8, 4) is 5.75 Å². The van der Waals surface area contributed by atoms with Crippen molar-refractivity contribution in [2.75, 3.05) is 7.11 Å². The SMILES string of the molecule is COc1ccc(C(O)C2CC=CCC2C(=O)O)c(Cl)c1. The van der Waals surface area contributed by atoms with Crippen molar-refractivity contribution in [1.82, 2.24) is 0 Å². The van der Waals surface area contributed by atoms with E-state index in [1.165, 1.54) is 7.11 Å². The van der Waals surface area contributed by atoms with Gasteiger partial charge in [0.2, 0.25) is 0 Å². The third kappa shape index (κ3) is 2.97. The number of halogens is 1. The summed E-state index contributed by atoms with van der Waals surface area (Å²) in [5, 5.41) is 20.1. The molecule has 1 aromatic rings. The van der Waals surface area contributed by atoms with E-state index in [0.29, 0.717) is 29.2 Å². The van der Waals surface area contributed by atoms with Gasteiger partial charge in [-0.05, 0) is 30.5 Å². The largest absolute Gasteiger partial charge is 0.497 e. The maximum Gasteiger partial charge on any atom is 0.307 e. The summed E-state index contributed by atoms with van der Waals surface area (Å²) in [6, 6.07) is 5.01. The summed E-state index contributed by atoms with van der Waals surface area (Å²) in [6.07, 6.45) is 3.81. The van der Waals surface area contributed by atoms with Crippen LogP contribution in [0, 0.1) is 11.8 Å². The van der Waals surface area contributed by atoms with E-state index in [0.717, 1.165) is 0 Å². The molecule has 1 aromatic carbocycles. The molecule has 4 nitrogen and oxygen atoms in total. The van der Waals surface area contributed by atoms with E-state index in [9.17, 15) is 15.0 Å². The number of hydrogen-bond donors (Lipinski definition) is 2. The zero-order chi connectivity index (χ0) is 14.7. The van der Waals surface area contributed by atoms with E-state index < -0.39 is 18.0 Å². The van der Waals surface area contributed by atoms with Gasteiger partial charge in [-0.25, -0.2) is 0 Å². The molecule has 0 saturated heterocycles. The van der Waals surface area contributed by atoms with Crippen molar-refractivity contribution >= 4 is 17.6 Å². The van der Waals surface area contributed by atoms with E-state index in [2.05, 4.69) is 0 Å². The van der Waals surface area contributed by atoms with Crippen molar-refractivity contribution in [2.24, 2.45) is 11.8 Å². The fraction of sp³-hybridized carbons (Fsp3) is 0.400. The topological polar surface area (TPSA) is 66.8 Å². The van der Waals surface area contributed by atoms with Crippen molar-refractivity contribution in [3.63, 3.8) is 0 Å². The molecule has 5 heteroatoms. The number of benzene rings is 1.